The second-order valence-corrected chi connectivity index (χ2v) is 3.52. The van der Waals surface area contributed by atoms with Gasteiger partial charge in [-0.25, -0.2) is 4.98 Å². The van der Waals surface area contributed by atoms with Crippen LogP contribution in [0.2, 0.25) is 0 Å². The summed E-state index contributed by atoms with van der Waals surface area (Å²) in [7, 11) is 1.80. The zero-order chi connectivity index (χ0) is 9.71. The van der Waals surface area contributed by atoms with Gasteiger partial charge in [0.2, 0.25) is 0 Å². The van der Waals surface area contributed by atoms with E-state index in [1.165, 1.54) is 0 Å². The molecule has 3 heterocycles. The van der Waals surface area contributed by atoms with Crippen molar-refractivity contribution in [1.82, 2.24) is 14.3 Å². The second-order valence-electron chi connectivity index (χ2n) is 3.52. The third-order valence-corrected chi connectivity index (χ3v) is 2.57. The maximum atomic E-state index is 11.8. The van der Waals surface area contributed by atoms with Crippen LogP contribution in [-0.2, 0) is 6.54 Å². The molecular formula is C10H9N3O. The molecule has 1 amide bonds. The van der Waals surface area contributed by atoms with Crippen LogP contribution in [0.25, 0.3) is 5.65 Å². The van der Waals surface area contributed by atoms with E-state index in [1.54, 1.807) is 11.9 Å². The fourth-order valence-electron chi connectivity index (χ4n) is 1.89. The van der Waals surface area contributed by atoms with Crippen LogP contribution in [0.4, 0.5) is 0 Å². The van der Waals surface area contributed by atoms with E-state index in [9.17, 15) is 4.79 Å². The van der Waals surface area contributed by atoms with Gasteiger partial charge in [-0.05, 0) is 12.1 Å². The van der Waals surface area contributed by atoms with Crippen molar-refractivity contribution in [3.63, 3.8) is 0 Å². The van der Waals surface area contributed by atoms with Gasteiger partial charge in [-0.2, -0.15) is 0 Å². The quantitative estimate of drug-likeness (QED) is 0.615. The fraction of sp³-hybridized carbons (Fsp3) is 0.200. The van der Waals surface area contributed by atoms with Crippen molar-refractivity contribution in [1.29, 1.82) is 0 Å². The van der Waals surface area contributed by atoms with Gasteiger partial charge in [-0.15, -0.1) is 0 Å². The summed E-state index contributed by atoms with van der Waals surface area (Å²) in [6.45, 7) is 0.636. The molecule has 3 rings (SSSR count). The van der Waals surface area contributed by atoms with Crippen LogP contribution in [-0.4, -0.2) is 27.2 Å². The summed E-state index contributed by atoms with van der Waals surface area (Å²) < 4.78 is 1.92. The van der Waals surface area contributed by atoms with Crippen LogP contribution >= 0.6 is 0 Å². The Kier molecular flexibility index (Phi) is 1.27. The minimum Gasteiger partial charge on any atom is -0.335 e. The van der Waals surface area contributed by atoms with E-state index in [-0.39, 0.29) is 5.91 Å². The molecule has 0 unspecified atom stereocenters. The zero-order valence-electron chi connectivity index (χ0n) is 7.77. The highest BCUT2D eigenvalue weighted by atomic mass is 16.2. The number of hydrogen-bond donors (Lipinski definition) is 0. The fourth-order valence-corrected chi connectivity index (χ4v) is 1.89. The molecule has 2 aromatic rings. The molecule has 0 aliphatic carbocycles. The molecular weight excluding hydrogens is 178 g/mol. The summed E-state index contributed by atoms with van der Waals surface area (Å²) in [6, 6.07) is 5.60. The van der Waals surface area contributed by atoms with E-state index in [2.05, 4.69) is 4.98 Å². The molecule has 0 spiro atoms. The van der Waals surface area contributed by atoms with E-state index in [0.717, 1.165) is 11.3 Å². The van der Waals surface area contributed by atoms with Gasteiger partial charge in [0.05, 0.1) is 18.4 Å². The monoisotopic (exact) mass is 187 g/mol. The molecule has 4 heteroatoms. The van der Waals surface area contributed by atoms with E-state index in [4.69, 9.17) is 0 Å². The van der Waals surface area contributed by atoms with Gasteiger partial charge in [-0.1, -0.05) is 6.07 Å². The lowest BCUT2D eigenvalue weighted by atomic mass is 10.2. The van der Waals surface area contributed by atoms with Crippen molar-refractivity contribution in [2.45, 2.75) is 6.54 Å². The summed E-state index contributed by atoms with van der Waals surface area (Å²) >= 11 is 0. The predicted octanol–water partition coefficient (Wildman–Crippen LogP) is 0.920. The van der Waals surface area contributed by atoms with Gasteiger partial charge in [0, 0.05) is 7.05 Å². The summed E-state index contributed by atoms with van der Waals surface area (Å²) in [5.41, 5.74) is 2.61. The maximum absolute atomic E-state index is 11.8. The van der Waals surface area contributed by atoms with Crippen LogP contribution in [0, 0.1) is 0 Å². The molecule has 0 bridgehead atoms. The van der Waals surface area contributed by atoms with Crippen LogP contribution < -0.4 is 0 Å². The van der Waals surface area contributed by atoms with Crippen molar-refractivity contribution >= 4 is 11.6 Å². The number of pyridine rings is 1. The van der Waals surface area contributed by atoms with Gasteiger partial charge in [0.25, 0.3) is 5.91 Å². The van der Waals surface area contributed by atoms with Crippen LogP contribution in [0.5, 0.6) is 0 Å². The molecule has 0 aromatic carbocycles. The summed E-state index contributed by atoms with van der Waals surface area (Å²) in [5, 5.41) is 0. The third kappa shape index (κ3) is 0.775. The molecule has 0 saturated heterocycles. The van der Waals surface area contributed by atoms with E-state index in [0.29, 0.717) is 12.2 Å². The first-order valence-electron chi connectivity index (χ1n) is 4.48. The first-order chi connectivity index (χ1) is 6.77. The lowest BCUT2D eigenvalue weighted by molar-refractivity contribution is 0.0759. The lowest BCUT2D eigenvalue weighted by Gasteiger charge is -2.23. The molecule has 0 fully saturated rings. The van der Waals surface area contributed by atoms with E-state index in [1.807, 2.05) is 28.8 Å². The topological polar surface area (TPSA) is 37.6 Å². The van der Waals surface area contributed by atoms with Crippen molar-refractivity contribution < 1.29 is 4.79 Å². The molecule has 1 aliphatic rings. The van der Waals surface area contributed by atoms with Crippen molar-refractivity contribution in [3.05, 3.63) is 35.8 Å². The Balaban J connectivity index is 2.44. The first kappa shape index (κ1) is 7.55. The molecule has 0 saturated carbocycles. The highest BCUT2D eigenvalue weighted by Crippen LogP contribution is 2.18. The van der Waals surface area contributed by atoms with Crippen LogP contribution in [0.3, 0.4) is 0 Å². The van der Waals surface area contributed by atoms with Crippen LogP contribution in [0.1, 0.15) is 16.2 Å². The Bertz CT molecular complexity index is 529. The van der Waals surface area contributed by atoms with Crippen molar-refractivity contribution in [2.75, 3.05) is 7.05 Å². The van der Waals surface area contributed by atoms with Gasteiger partial charge >= 0.3 is 0 Å². The Morgan fingerprint density at radius 1 is 1.43 bits per heavy atom. The number of carbonyl (C=O) groups excluding carboxylic acids is 1. The molecule has 70 valence electrons. The van der Waals surface area contributed by atoms with Gasteiger partial charge < -0.3 is 4.90 Å². The van der Waals surface area contributed by atoms with Crippen molar-refractivity contribution in [3.8, 4) is 0 Å². The Labute approximate surface area is 80.8 Å². The number of amides is 1. The second kappa shape index (κ2) is 2.35. The van der Waals surface area contributed by atoms with Gasteiger partial charge in [0.1, 0.15) is 11.3 Å². The smallest absolute Gasteiger partial charge is 0.270 e. The Morgan fingerprint density at radius 2 is 2.29 bits per heavy atom. The summed E-state index contributed by atoms with van der Waals surface area (Å²) in [4.78, 5) is 17.7. The highest BCUT2D eigenvalue weighted by molar-refractivity contribution is 5.94. The predicted molar refractivity (Wildman–Crippen MR) is 51.0 cm³/mol. The average molecular weight is 187 g/mol. The molecule has 0 atom stereocenters. The zero-order valence-corrected chi connectivity index (χ0v) is 7.77. The third-order valence-electron chi connectivity index (χ3n) is 2.57. The normalized spacial score (nSPS) is 15.2. The molecule has 0 N–H and O–H groups in total. The molecule has 1 aliphatic heterocycles. The number of rotatable bonds is 0. The SMILES string of the molecule is CN1Cc2cnc3cccc(n23)C1=O. The first-order valence-corrected chi connectivity index (χ1v) is 4.48. The van der Waals surface area contributed by atoms with E-state index >= 15 is 0 Å². The van der Waals surface area contributed by atoms with Gasteiger partial charge in [-0.3, -0.25) is 9.20 Å². The summed E-state index contributed by atoms with van der Waals surface area (Å²) in [5.74, 6) is 0.0566. The lowest BCUT2D eigenvalue weighted by Crippen LogP contribution is -2.32. The summed E-state index contributed by atoms with van der Waals surface area (Å²) in [6.07, 6.45) is 1.82. The van der Waals surface area contributed by atoms with E-state index < -0.39 is 0 Å². The molecule has 0 radical (unpaired) electrons. The number of aromatic nitrogens is 2. The molecule has 2 aromatic heterocycles. The number of carbonyl (C=O) groups is 1. The number of imidazole rings is 1. The average Bonchev–Trinajstić information content (AvgIpc) is 2.59. The minimum absolute atomic E-state index is 0.0566. The van der Waals surface area contributed by atoms with Gasteiger partial charge in [0.15, 0.2) is 0 Å². The largest absolute Gasteiger partial charge is 0.335 e. The Hall–Kier alpha value is -1.84. The maximum Gasteiger partial charge on any atom is 0.270 e. The number of nitrogens with zero attached hydrogens (tertiary/aromatic N) is 3. The standard InChI is InChI=1S/C10H9N3O/c1-12-6-7-5-11-9-4-2-3-8(10(12)14)13(7)9/h2-5H,6H2,1H3. The number of hydrogen-bond acceptors (Lipinski definition) is 2. The van der Waals surface area contributed by atoms with Crippen LogP contribution in [0.15, 0.2) is 24.4 Å². The minimum atomic E-state index is 0.0566. The molecule has 4 nitrogen and oxygen atoms in total. The van der Waals surface area contributed by atoms with Crippen molar-refractivity contribution in [2.24, 2.45) is 0 Å². The highest BCUT2D eigenvalue weighted by Gasteiger charge is 2.23. The molecule has 14 heavy (non-hydrogen) atoms. The Morgan fingerprint density at radius 3 is 3.14 bits per heavy atom.